The van der Waals surface area contributed by atoms with Crippen LogP contribution in [0.15, 0.2) is 54.6 Å². The van der Waals surface area contributed by atoms with E-state index in [2.05, 4.69) is 71.0 Å². The predicted molar refractivity (Wildman–Crippen MR) is 202 cm³/mol. The van der Waals surface area contributed by atoms with Crippen molar-refractivity contribution in [3.05, 3.63) is 76.9 Å². The van der Waals surface area contributed by atoms with E-state index in [9.17, 15) is 5.11 Å². The zero-order valence-electron chi connectivity index (χ0n) is 30.4. The maximum absolute atomic E-state index is 11.1. The minimum Gasteiger partial charge on any atom is -0.507 e. The van der Waals surface area contributed by atoms with Crippen LogP contribution in [-0.2, 0) is 0 Å². The number of rotatable bonds is 21. The Kier molecular flexibility index (Phi) is 15.4. The number of aromatic nitrogens is 3. The molecule has 48 heavy (non-hydrogen) atoms. The summed E-state index contributed by atoms with van der Waals surface area (Å²) in [6.07, 6.45) is 21.6. The lowest BCUT2D eigenvalue weighted by atomic mass is 10.0. The van der Waals surface area contributed by atoms with Gasteiger partial charge in [0, 0.05) is 17.2 Å². The maximum Gasteiger partial charge on any atom is 0.167 e. The van der Waals surface area contributed by atoms with E-state index < -0.39 is 0 Å². The summed E-state index contributed by atoms with van der Waals surface area (Å²) in [5.41, 5.74) is 7.04. The Bertz CT molecular complexity index is 1490. The molecule has 0 fully saturated rings. The molecule has 3 aromatic carbocycles. The number of phenols is 1. The summed E-state index contributed by atoms with van der Waals surface area (Å²) >= 11 is 0. The molecule has 0 saturated carbocycles. The largest absolute Gasteiger partial charge is 0.507 e. The first-order valence-electron chi connectivity index (χ1n) is 18.7. The summed E-state index contributed by atoms with van der Waals surface area (Å²) in [6.45, 7) is 11.2. The molecule has 5 heteroatoms. The zero-order valence-corrected chi connectivity index (χ0v) is 30.4. The Balaban J connectivity index is 1.26. The smallest absolute Gasteiger partial charge is 0.167 e. The Morgan fingerprint density at radius 1 is 0.479 bits per heavy atom. The first-order chi connectivity index (χ1) is 23.4. The number of ether oxygens (including phenoxy) is 1. The molecule has 0 unspecified atom stereocenters. The summed E-state index contributed by atoms with van der Waals surface area (Å²) < 4.78 is 6.02. The second kappa shape index (κ2) is 19.9. The van der Waals surface area contributed by atoms with E-state index in [1.54, 1.807) is 6.07 Å². The third-order valence-electron chi connectivity index (χ3n) is 9.36. The van der Waals surface area contributed by atoms with Crippen molar-refractivity contribution >= 4 is 0 Å². The quantitative estimate of drug-likeness (QED) is 0.0910. The molecule has 1 aromatic heterocycles. The number of nitrogens with zero attached hydrogens (tertiary/aromatic N) is 3. The SMILES string of the molecule is CCCCCCCCCCCCCCCCCCOc1ccc(-c2nc(-c3ccc(C)cc3C)nc(-c3ccc(C)cc3C)n2)c(O)c1. The standard InChI is InChI=1S/C43H59N3O2/c1-6-7-8-9-10-11-12-13-14-15-16-17-18-19-20-21-28-48-36-24-27-39(40(47)31-36)43-45-41(37-25-22-32(2)29-34(37)4)44-42(46-43)38-26-23-33(3)30-35(38)5/h22-27,29-31,47H,6-21,28H2,1-5H3. The third-order valence-corrected chi connectivity index (χ3v) is 9.36. The van der Waals surface area contributed by atoms with Gasteiger partial charge in [-0.25, -0.2) is 15.0 Å². The Morgan fingerprint density at radius 2 is 0.875 bits per heavy atom. The van der Waals surface area contributed by atoms with E-state index in [0.29, 0.717) is 35.4 Å². The Morgan fingerprint density at radius 3 is 1.29 bits per heavy atom. The third kappa shape index (κ3) is 11.8. The van der Waals surface area contributed by atoms with Crippen LogP contribution in [0.4, 0.5) is 0 Å². The monoisotopic (exact) mass is 649 g/mol. The molecular weight excluding hydrogens is 590 g/mol. The van der Waals surface area contributed by atoms with Crippen LogP contribution in [0.1, 0.15) is 132 Å². The van der Waals surface area contributed by atoms with Gasteiger partial charge in [-0.1, -0.05) is 151 Å². The molecule has 0 spiro atoms. The van der Waals surface area contributed by atoms with Crippen LogP contribution in [0.2, 0.25) is 0 Å². The number of phenolic OH excluding ortho intramolecular Hbond substituents is 1. The zero-order chi connectivity index (χ0) is 34.1. The highest BCUT2D eigenvalue weighted by Gasteiger charge is 2.17. The fourth-order valence-corrected chi connectivity index (χ4v) is 6.50. The minimum absolute atomic E-state index is 0.101. The first-order valence-corrected chi connectivity index (χ1v) is 18.7. The maximum atomic E-state index is 11.1. The van der Waals surface area contributed by atoms with Crippen LogP contribution < -0.4 is 4.74 Å². The number of benzene rings is 3. The lowest BCUT2D eigenvalue weighted by Crippen LogP contribution is -2.02. The predicted octanol–water partition coefficient (Wildman–Crippen LogP) is 12.5. The molecule has 4 rings (SSSR count). The number of aromatic hydroxyl groups is 1. The second-order valence-electron chi connectivity index (χ2n) is 13.8. The van der Waals surface area contributed by atoms with Crippen molar-refractivity contribution in [3.8, 4) is 45.7 Å². The van der Waals surface area contributed by atoms with Gasteiger partial charge in [-0.15, -0.1) is 0 Å². The van der Waals surface area contributed by atoms with Gasteiger partial charge in [-0.05, 0) is 57.4 Å². The van der Waals surface area contributed by atoms with Gasteiger partial charge in [0.15, 0.2) is 17.5 Å². The van der Waals surface area contributed by atoms with Crippen LogP contribution in [-0.4, -0.2) is 26.7 Å². The summed E-state index contributed by atoms with van der Waals surface area (Å²) in [7, 11) is 0. The first kappa shape index (κ1) is 37.1. The van der Waals surface area contributed by atoms with Crippen molar-refractivity contribution in [2.45, 2.75) is 137 Å². The van der Waals surface area contributed by atoms with Crippen molar-refractivity contribution < 1.29 is 9.84 Å². The highest BCUT2D eigenvalue weighted by Crippen LogP contribution is 2.34. The molecule has 0 aliphatic heterocycles. The Labute approximate surface area is 290 Å². The lowest BCUT2D eigenvalue weighted by Gasteiger charge is -2.13. The molecule has 0 amide bonds. The van der Waals surface area contributed by atoms with Crippen LogP contribution >= 0.6 is 0 Å². The van der Waals surface area contributed by atoms with Gasteiger partial charge < -0.3 is 9.84 Å². The number of aryl methyl sites for hydroxylation is 4. The lowest BCUT2D eigenvalue weighted by molar-refractivity contribution is 0.302. The van der Waals surface area contributed by atoms with Crippen molar-refractivity contribution in [2.75, 3.05) is 6.61 Å². The average Bonchev–Trinajstić information content (AvgIpc) is 3.06. The van der Waals surface area contributed by atoms with Crippen LogP contribution in [0.3, 0.4) is 0 Å². The van der Waals surface area contributed by atoms with E-state index in [-0.39, 0.29) is 5.75 Å². The summed E-state index contributed by atoms with van der Waals surface area (Å²) in [5.74, 6) is 2.39. The average molecular weight is 650 g/mol. The highest BCUT2D eigenvalue weighted by molar-refractivity contribution is 5.72. The van der Waals surface area contributed by atoms with Gasteiger partial charge in [-0.2, -0.15) is 0 Å². The normalized spacial score (nSPS) is 11.3. The van der Waals surface area contributed by atoms with Crippen molar-refractivity contribution in [1.29, 1.82) is 0 Å². The summed E-state index contributed by atoms with van der Waals surface area (Å²) in [5, 5.41) is 11.1. The van der Waals surface area contributed by atoms with Crippen molar-refractivity contribution in [1.82, 2.24) is 15.0 Å². The summed E-state index contributed by atoms with van der Waals surface area (Å²) in [6, 6.07) is 18.0. The van der Waals surface area contributed by atoms with E-state index in [1.807, 2.05) is 12.1 Å². The molecule has 1 N–H and O–H groups in total. The van der Waals surface area contributed by atoms with Gasteiger partial charge in [0.25, 0.3) is 0 Å². The van der Waals surface area contributed by atoms with Crippen molar-refractivity contribution in [2.24, 2.45) is 0 Å². The van der Waals surface area contributed by atoms with E-state index in [0.717, 1.165) is 28.7 Å². The van der Waals surface area contributed by atoms with Crippen LogP contribution in [0, 0.1) is 27.7 Å². The summed E-state index contributed by atoms with van der Waals surface area (Å²) in [4.78, 5) is 14.6. The molecule has 0 atom stereocenters. The molecule has 258 valence electrons. The highest BCUT2D eigenvalue weighted by atomic mass is 16.5. The van der Waals surface area contributed by atoms with E-state index in [4.69, 9.17) is 19.7 Å². The molecule has 0 aliphatic rings. The Hall–Kier alpha value is -3.73. The molecule has 1 heterocycles. The molecule has 0 radical (unpaired) electrons. The van der Waals surface area contributed by atoms with Crippen molar-refractivity contribution in [3.63, 3.8) is 0 Å². The van der Waals surface area contributed by atoms with Gasteiger partial charge in [0.2, 0.25) is 0 Å². The van der Waals surface area contributed by atoms with Gasteiger partial charge in [0.1, 0.15) is 11.5 Å². The molecule has 0 bridgehead atoms. The molecule has 0 saturated heterocycles. The fourth-order valence-electron chi connectivity index (χ4n) is 6.50. The molecule has 4 aromatic rings. The van der Waals surface area contributed by atoms with Crippen LogP contribution in [0.25, 0.3) is 34.2 Å². The second-order valence-corrected chi connectivity index (χ2v) is 13.8. The van der Waals surface area contributed by atoms with Gasteiger partial charge in [0.05, 0.1) is 12.2 Å². The topological polar surface area (TPSA) is 68.1 Å². The van der Waals surface area contributed by atoms with Gasteiger partial charge >= 0.3 is 0 Å². The van der Waals surface area contributed by atoms with E-state index >= 15 is 0 Å². The molecule has 5 nitrogen and oxygen atoms in total. The number of hydrogen-bond acceptors (Lipinski definition) is 5. The fraction of sp³-hybridized carbons (Fsp3) is 0.512. The minimum atomic E-state index is 0.101. The molecular formula is C43H59N3O2. The van der Waals surface area contributed by atoms with Gasteiger partial charge in [-0.3, -0.25) is 0 Å². The van der Waals surface area contributed by atoms with Crippen LogP contribution in [0.5, 0.6) is 11.5 Å². The number of hydrogen-bond donors (Lipinski definition) is 1. The molecule has 0 aliphatic carbocycles. The van der Waals surface area contributed by atoms with E-state index in [1.165, 1.54) is 107 Å². The number of unbranched alkanes of at least 4 members (excludes halogenated alkanes) is 15.